The number of hydrogen-bond donors (Lipinski definition) is 0. The lowest BCUT2D eigenvalue weighted by Gasteiger charge is -2.24. The van der Waals surface area contributed by atoms with Crippen molar-refractivity contribution >= 4 is 35.2 Å². The molecule has 25 heavy (non-hydrogen) atoms. The number of hydrogen-bond acceptors (Lipinski definition) is 6. The smallest absolute Gasteiger partial charge is 0.341 e. The Labute approximate surface area is 148 Å². The second-order valence-electron chi connectivity index (χ2n) is 5.43. The van der Waals surface area contributed by atoms with Crippen molar-refractivity contribution in [1.82, 2.24) is 9.78 Å². The van der Waals surface area contributed by atoms with Crippen LogP contribution in [0.3, 0.4) is 0 Å². The number of esters is 1. The van der Waals surface area contributed by atoms with Gasteiger partial charge < -0.3 is 4.74 Å². The molecule has 1 aliphatic rings. The Morgan fingerprint density at radius 1 is 1.16 bits per heavy atom. The highest BCUT2D eigenvalue weighted by Gasteiger charge is 2.27. The number of carbonyl (C=O) groups excluding carboxylic acids is 3. The van der Waals surface area contributed by atoms with Crippen LogP contribution in [-0.4, -0.2) is 45.7 Å². The van der Waals surface area contributed by atoms with Crippen LogP contribution in [0.1, 0.15) is 23.0 Å². The number of ether oxygens (including phenoxy) is 1. The van der Waals surface area contributed by atoms with Gasteiger partial charge in [0.05, 0.1) is 35.2 Å². The average Bonchev–Trinajstić information content (AvgIpc) is 2.97. The van der Waals surface area contributed by atoms with Crippen molar-refractivity contribution in [1.29, 1.82) is 0 Å². The lowest BCUT2D eigenvalue weighted by Crippen LogP contribution is -2.43. The van der Waals surface area contributed by atoms with Gasteiger partial charge in [-0.25, -0.2) is 14.4 Å². The first kappa shape index (κ1) is 17.2. The van der Waals surface area contributed by atoms with Crippen LogP contribution >= 0.6 is 11.8 Å². The predicted octanol–water partition coefficient (Wildman–Crippen LogP) is 1.96. The van der Waals surface area contributed by atoms with Crippen LogP contribution in [0, 0.1) is 6.92 Å². The Morgan fingerprint density at radius 3 is 2.36 bits per heavy atom. The molecule has 0 saturated carbocycles. The first-order valence-corrected chi connectivity index (χ1v) is 8.94. The second kappa shape index (κ2) is 7.10. The highest BCUT2D eigenvalue weighted by Crippen LogP contribution is 2.23. The minimum Gasteiger partial charge on any atom is -0.462 e. The summed E-state index contributed by atoms with van der Waals surface area (Å²) in [5, 5.41) is 4.32. The first-order valence-electron chi connectivity index (χ1n) is 7.78. The van der Waals surface area contributed by atoms with E-state index in [1.54, 1.807) is 49.0 Å². The molecule has 7 nitrogen and oxygen atoms in total. The number of anilines is 1. The van der Waals surface area contributed by atoms with Crippen LogP contribution in [0.4, 0.5) is 5.69 Å². The first-order chi connectivity index (χ1) is 12.0. The van der Waals surface area contributed by atoms with E-state index in [2.05, 4.69) is 5.10 Å². The van der Waals surface area contributed by atoms with Crippen molar-refractivity contribution in [3.63, 3.8) is 0 Å². The Kier molecular flexibility index (Phi) is 4.89. The molecule has 0 bridgehead atoms. The van der Waals surface area contributed by atoms with Gasteiger partial charge in [0.2, 0.25) is 11.8 Å². The molecule has 0 aliphatic carbocycles. The lowest BCUT2D eigenvalue weighted by molar-refractivity contribution is -0.124. The summed E-state index contributed by atoms with van der Waals surface area (Å²) in [5.41, 5.74) is 2.23. The number of rotatable bonds is 4. The number of nitrogens with zero attached hydrogens (tertiary/aromatic N) is 3. The van der Waals surface area contributed by atoms with Gasteiger partial charge in [-0.3, -0.25) is 9.59 Å². The van der Waals surface area contributed by atoms with Gasteiger partial charge in [-0.15, -0.1) is 11.8 Å². The van der Waals surface area contributed by atoms with Gasteiger partial charge in [-0.1, -0.05) is 0 Å². The summed E-state index contributed by atoms with van der Waals surface area (Å²) in [6, 6.07) is 6.89. The highest BCUT2D eigenvalue weighted by molar-refractivity contribution is 8.00. The predicted molar refractivity (Wildman–Crippen MR) is 94.1 cm³/mol. The number of carbonyl (C=O) groups is 3. The molecule has 0 radical (unpaired) electrons. The van der Waals surface area contributed by atoms with Gasteiger partial charge in [0.15, 0.2) is 0 Å². The fourth-order valence-corrected chi connectivity index (χ4v) is 3.25. The maximum absolute atomic E-state index is 12.0. The summed E-state index contributed by atoms with van der Waals surface area (Å²) < 4.78 is 6.57. The summed E-state index contributed by atoms with van der Waals surface area (Å²) in [4.78, 5) is 37.0. The molecule has 1 aliphatic heterocycles. The van der Waals surface area contributed by atoms with E-state index in [1.807, 2.05) is 0 Å². The molecule has 0 atom stereocenters. The molecule has 0 unspecified atom stereocenters. The number of benzene rings is 1. The van der Waals surface area contributed by atoms with Crippen LogP contribution in [0.25, 0.3) is 5.69 Å². The van der Waals surface area contributed by atoms with Crippen LogP contribution in [0.5, 0.6) is 0 Å². The molecule has 1 fully saturated rings. The quantitative estimate of drug-likeness (QED) is 0.613. The molecule has 2 aromatic rings. The maximum Gasteiger partial charge on any atom is 0.341 e. The monoisotopic (exact) mass is 359 g/mol. The number of aromatic nitrogens is 2. The Balaban J connectivity index is 1.85. The number of thioether (sulfide) groups is 1. The summed E-state index contributed by atoms with van der Waals surface area (Å²) in [6.07, 6.45) is 1.61. The Morgan fingerprint density at radius 2 is 1.76 bits per heavy atom. The summed E-state index contributed by atoms with van der Waals surface area (Å²) in [6.45, 7) is 3.78. The molecular formula is C17H17N3O4S. The van der Waals surface area contributed by atoms with E-state index in [4.69, 9.17) is 4.74 Å². The van der Waals surface area contributed by atoms with Crippen molar-refractivity contribution in [3.05, 3.63) is 41.7 Å². The third kappa shape index (κ3) is 3.43. The molecule has 130 valence electrons. The van der Waals surface area contributed by atoms with E-state index < -0.39 is 5.97 Å². The molecule has 1 aromatic heterocycles. The van der Waals surface area contributed by atoms with Crippen LogP contribution < -0.4 is 4.90 Å². The third-order valence-electron chi connectivity index (χ3n) is 3.72. The van der Waals surface area contributed by atoms with Gasteiger partial charge in [0.1, 0.15) is 5.56 Å². The van der Waals surface area contributed by atoms with E-state index in [-0.39, 0.29) is 11.8 Å². The molecule has 1 aromatic carbocycles. The van der Waals surface area contributed by atoms with Crippen molar-refractivity contribution in [2.24, 2.45) is 0 Å². The number of imide groups is 1. The minimum atomic E-state index is -0.412. The standard InChI is InChI=1S/C17H17N3O4S/c1-3-24-17(23)14-8-19(18-11(14)2)12-4-6-13(7-5-12)20-15(21)9-25-10-16(20)22/h4-8H,3,9-10H2,1-2H3. The minimum absolute atomic E-state index is 0.214. The van der Waals surface area contributed by atoms with E-state index in [0.717, 1.165) is 0 Å². The Bertz CT molecular complexity index is 813. The van der Waals surface area contributed by atoms with Crippen molar-refractivity contribution in [2.45, 2.75) is 13.8 Å². The topological polar surface area (TPSA) is 81.5 Å². The number of amides is 2. The molecule has 8 heteroatoms. The summed E-state index contributed by atoms with van der Waals surface area (Å²) in [7, 11) is 0. The van der Waals surface area contributed by atoms with Gasteiger partial charge >= 0.3 is 5.97 Å². The average molecular weight is 359 g/mol. The fourth-order valence-electron chi connectivity index (χ4n) is 2.54. The summed E-state index contributed by atoms with van der Waals surface area (Å²) >= 11 is 1.32. The zero-order valence-electron chi connectivity index (χ0n) is 13.9. The molecule has 2 amide bonds. The normalized spacial score (nSPS) is 14.7. The molecule has 2 heterocycles. The number of aryl methyl sites for hydroxylation is 1. The highest BCUT2D eigenvalue weighted by atomic mass is 32.2. The SMILES string of the molecule is CCOC(=O)c1cn(-c2ccc(N3C(=O)CSCC3=O)cc2)nc1C. The molecule has 1 saturated heterocycles. The van der Waals surface area contributed by atoms with Gasteiger partial charge in [-0.2, -0.15) is 5.10 Å². The second-order valence-corrected chi connectivity index (χ2v) is 6.41. The van der Waals surface area contributed by atoms with Crippen molar-refractivity contribution in [3.8, 4) is 5.69 Å². The fraction of sp³-hybridized carbons (Fsp3) is 0.294. The molecule has 3 rings (SSSR count). The van der Waals surface area contributed by atoms with Crippen LogP contribution in [0.2, 0.25) is 0 Å². The molecule has 0 N–H and O–H groups in total. The van der Waals surface area contributed by atoms with Crippen LogP contribution in [-0.2, 0) is 14.3 Å². The van der Waals surface area contributed by atoms with E-state index in [9.17, 15) is 14.4 Å². The third-order valence-corrected chi connectivity index (χ3v) is 4.62. The van der Waals surface area contributed by atoms with E-state index in [1.165, 1.54) is 16.7 Å². The largest absolute Gasteiger partial charge is 0.462 e. The van der Waals surface area contributed by atoms with Crippen molar-refractivity contribution < 1.29 is 19.1 Å². The zero-order chi connectivity index (χ0) is 18.0. The lowest BCUT2D eigenvalue weighted by atomic mass is 10.2. The van der Waals surface area contributed by atoms with E-state index >= 15 is 0 Å². The summed E-state index contributed by atoms with van der Waals surface area (Å²) in [5.74, 6) is -0.240. The van der Waals surface area contributed by atoms with Gasteiger partial charge in [0, 0.05) is 6.20 Å². The maximum atomic E-state index is 12.0. The van der Waals surface area contributed by atoms with Crippen molar-refractivity contribution in [2.75, 3.05) is 23.0 Å². The zero-order valence-corrected chi connectivity index (χ0v) is 14.7. The molecular weight excluding hydrogens is 342 g/mol. The van der Waals surface area contributed by atoms with Gasteiger partial charge in [0.25, 0.3) is 0 Å². The molecule has 0 spiro atoms. The van der Waals surface area contributed by atoms with E-state index in [0.29, 0.717) is 40.7 Å². The van der Waals surface area contributed by atoms with Gasteiger partial charge in [-0.05, 0) is 38.1 Å². The van der Waals surface area contributed by atoms with Crippen LogP contribution in [0.15, 0.2) is 30.5 Å². The Hall–Kier alpha value is -2.61.